The standard InChI is InChI=1S/C24H19ClF3N5S/c1-13-14(2)34-22-20(13)21(16-8-10-18(25)11-9-16)31-32(23-30-29-15(3)33(22)23)12-17-6-4-5-7-19(17)24(26,27)28/h4-11H,12H2,1-3H3. The van der Waals surface area contributed by atoms with Crippen LogP contribution in [0.4, 0.5) is 19.1 Å². The summed E-state index contributed by atoms with van der Waals surface area (Å²) in [5.41, 5.74) is 2.79. The zero-order valence-corrected chi connectivity index (χ0v) is 20.1. The van der Waals surface area contributed by atoms with Crippen LogP contribution in [0.25, 0.3) is 5.00 Å². The number of thiophene rings is 1. The lowest BCUT2D eigenvalue weighted by Crippen LogP contribution is -2.23. The van der Waals surface area contributed by atoms with Gasteiger partial charge in [0.2, 0.25) is 0 Å². The van der Waals surface area contributed by atoms with Gasteiger partial charge in [0.25, 0.3) is 5.95 Å². The third kappa shape index (κ3) is 3.78. The number of aryl methyl sites for hydroxylation is 2. The van der Waals surface area contributed by atoms with Crippen LogP contribution in [0.15, 0.2) is 53.6 Å². The predicted molar refractivity (Wildman–Crippen MR) is 128 cm³/mol. The van der Waals surface area contributed by atoms with Gasteiger partial charge in [0.05, 0.1) is 12.1 Å². The van der Waals surface area contributed by atoms with Crippen molar-refractivity contribution >= 4 is 34.6 Å². The first kappa shape index (κ1) is 22.6. The number of rotatable bonds is 3. The quantitative estimate of drug-likeness (QED) is 0.314. The highest BCUT2D eigenvalue weighted by Crippen LogP contribution is 2.39. The molecule has 0 atom stereocenters. The Hall–Kier alpha value is -3.17. The summed E-state index contributed by atoms with van der Waals surface area (Å²) in [6, 6.07) is 12.8. The van der Waals surface area contributed by atoms with E-state index in [4.69, 9.17) is 16.7 Å². The minimum atomic E-state index is -4.49. The van der Waals surface area contributed by atoms with Crippen molar-refractivity contribution in [3.05, 3.63) is 92.1 Å². The number of anilines is 1. The highest BCUT2D eigenvalue weighted by molar-refractivity contribution is 7.15. The van der Waals surface area contributed by atoms with Crippen molar-refractivity contribution in [1.29, 1.82) is 0 Å². The van der Waals surface area contributed by atoms with Crippen LogP contribution < -0.4 is 5.01 Å². The molecule has 0 amide bonds. The van der Waals surface area contributed by atoms with E-state index in [9.17, 15) is 13.2 Å². The lowest BCUT2D eigenvalue weighted by molar-refractivity contribution is -0.138. The third-order valence-electron chi connectivity index (χ3n) is 5.83. The average molecular weight is 502 g/mol. The van der Waals surface area contributed by atoms with Crippen molar-refractivity contribution in [2.24, 2.45) is 5.10 Å². The molecule has 3 heterocycles. The Kier molecular flexibility index (Phi) is 5.49. The monoisotopic (exact) mass is 501 g/mol. The fourth-order valence-corrected chi connectivity index (χ4v) is 5.36. The Morgan fingerprint density at radius 3 is 2.38 bits per heavy atom. The van der Waals surface area contributed by atoms with Crippen molar-refractivity contribution in [1.82, 2.24) is 14.8 Å². The van der Waals surface area contributed by atoms with E-state index in [-0.39, 0.29) is 12.1 Å². The second kappa shape index (κ2) is 8.25. The van der Waals surface area contributed by atoms with Crippen LogP contribution in [0.3, 0.4) is 0 Å². The van der Waals surface area contributed by atoms with Gasteiger partial charge < -0.3 is 0 Å². The average Bonchev–Trinajstić information content (AvgIpc) is 3.26. The Bertz CT molecular complexity index is 1420. The van der Waals surface area contributed by atoms with Crippen LogP contribution >= 0.6 is 22.9 Å². The number of hydrogen-bond acceptors (Lipinski definition) is 5. The molecule has 34 heavy (non-hydrogen) atoms. The number of hydrogen-bond donors (Lipinski definition) is 0. The first-order valence-corrected chi connectivity index (χ1v) is 11.6. The number of nitrogens with zero attached hydrogens (tertiary/aromatic N) is 5. The second-order valence-electron chi connectivity index (χ2n) is 8.01. The van der Waals surface area contributed by atoms with Crippen LogP contribution in [-0.2, 0) is 12.7 Å². The van der Waals surface area contributed by atoms with Crippen molar-refractivity contribution in [3.8, 4) is 5.00 Å². The van der Waals surface area contributed by atoms with Gasteiger partial charge in [0.15, 0.2) is 0 Å². The zero-order valence-electron chi connectivity index (χ0n) is 18.5. The second-order valence-corrected chi connectivity index (χ2v) is 9.65. The van der Waals surface area contributed by atoms with E-state index in [0.717, 1.165) is 32.6 Å². The summed E-state index contributed by atoms with van der Waals surface area (Å²) in [6.07, 6.45) is -4.49. The van der Waals surface area contributed by atoms with Gasteiger partial charge in [0, 0.05) is 21.0 Å². The van der Waals surface area contributed by atoms with Crippen LogP contribution in [-0.4, -0.2) is 20.5 Å². The molecule has 0 aliphatic carbocycles. The van der Waals surface area contributed by atoms with Crippen molar-refractivity contribution < 1.29 is 13.2 Å². The van der Waals surface area contributed by atoms with Crippen LogP contribution in [0.2, 0.25) is 5.02 Å². The topological polar surface area (TPSA) is 46.3 Å². The number of aromatic nitrogens is 3. The summed E-state index contributed by atoms with van der Waals surface area (Å²) in [6.45, 7) is 5.74. The zero-order chi connectivity index (χ0) is 24.2. The third-order valence-corrected chi connectivity index (χ3v) is 7.27. The van der Waals surface area contributed by atoms with Gasteiger partial charge in [0.1, 0.15) is 16.5 Å². The molecule has 2 aromatic heterocycles. The van der Waals surface area contributed by atoms with E-state index in [2.05, 4.69) is 10.2 Å². The molecular formula is C24H19ClF3N5S. The molecule has 0 saturated carbocycles. The van der Waals surface area contributed by atoms with Crippen LogP contribution in [0.1, 0.15) is 38.5 Å². The molecule has 0 radical (unpaired) electrons. The largest absolute Gasteiger partial charge is 0.416 e. The maximum absolute atomic E-state index is 13.7. The van der Waals surface area contributed by atoms with E-state index >= 15 is 0 Å². The fourth-order valence-electron chi connectivity index (χ4n) is 4.03. The molecule has 0 fully saturated rings. The number of alkyl halides is 3. The molecule has 1 aliphatic heterocycles. The van der Waals surface area contributed by atoms with E-state index in [0.29, 0.717) is 22.5 Å². The summed E-state index contributed by atoms with van der Waals surface area (Å²) in [5.74, 6) is 0.986. The van der Waals surface area contributed by atoms with Gasteiger partial charge in [-0.3, -0.25) is 4.57 Å². The number of hydrazone groups is 1. The number of benzene rings is 2. The summed E-state index contributed by atoms with van der Waals surface area (Å²) in [7, 11) is 0. The maximum atomic E-state index is 13.7. The normalized spacial score (nSPS) is 13.4. The van der Waals surface area contributed by atoms with Gasteiger partial charge in [-0.1, -0.05) is 41.9 Å². The molecule has 0 saturated heterocycles. The fraction of sp³-hybridized carbons (Fsp3) is 0.208. The van der Waals surface area contributed by atoms with Crippen molar-refractivity contribution in [3.63, 3.8) is 0 Å². The summed E-state index contributed by atoms with van der Waals surface area (Å²) in [5, 5.41) is 16.4. The Balaban J connectivity index is 1.75. The van der Waals surface area contributed by atoms with E-state index in [1.54, 1.807) is 29.5 Å². The maximum Gasteiger partial charge on any atom is 0.416 e. The molecule has 5 nitrogen and oxygen atoms in total. The first-order chi connectivity index (χ1) is 16.1. The van der Waals surface area contributed by atoms with Crippen molar-refractivity contribution in [2.45, 2.75) is 33.5 Å². The van der Waals surface area contributed by atoms with Gasteiger partial charge >= 0.3 is 6.18 Å². The molecule has 174 valence electrons. The van der Waals surface area contributed by atoms with Gasteiger partial charge in [-0.05, 0) is 50.1 Å². The molecule has 5 rings (SSSR count). The Labute approximate surface area is 203 Å². The van der Waals surface area contributed by atoms with E-state index < -0.39 is 11.7 Å². The molecule has 10 heteroatoms. The molecule has 0 bridgehead atoms. The molecule has 1 aliphatic rings. The summed E-state index contributed by atoms with van der Waals surface area (Å²) >= 11 is 7.69. The predicted octanol–water partition coefficient (Wildman–Crippen LogP) is 6.70. The molecule has 4 aromatic rings. The van der Waals surface area contributed by atoms with E-state index in [1.807, 2.05) is 37.5 Å². The van der Waals surface area contributed by atoms with Crippen molar-refractivity contribution in [2.75, 3.05) is 5.01 Å². The minimum absolute atomic E-state index is 0.0968. The molecule has 0 N–H and O–H groups in total. The highest BCUT2D eigenvalue weighted by atomic mass is 35.5. The lowest BCUT2D eigenvalue weighted by atomic mass is 10.00. The van der Waals surface area contributed by atoms with Crippen LogP contribution in [0.5, 0.6) is 0 Å². The van der Waals surface area contributed by atoms with Crippen LogP contribution in [0, 0.1) is 20.8 Å². The molecule has 2 aromatic carbocycles. The van der Waals surface area contributed by atoms with Gasteiger partial charge in [-0.2, -0.15) is 18.3 Å². The summed E-state index contributed by atoms with van der Waals surface area (Å²) < 4.78 is 43.0. The Morgan fingerprint density at radius 2 is 1.68 bits per heavy atom. The highest BCUT2D eigenvalue weighted by Gasteiger charge is 2.35. The minimum Gasteiger partial charge on any atom is -0.254 e. The van der Waals surface area contributed by atoms with Gasteiger partial charge in [-0.15, -0.1) is 21.5 Å². The molecular weight excluding hydrogens is 483 g/mol. The smallest absolute Gasteiger partial charge is 0.254 e. The number of halogens is 4. The summed E-state index contributed by atoms with van der Waals surface area (Å²) in [4.78, 5) is 1.11. The van der Waals surface area contributed by atoms with Gasteiger partial charge in [-0.25, -0.2) is 5.01 Å². The SMILES string of the molecule is Cc1sc2c(c1C)C(c1ccc(Cl)cc1)=NN(Cc1ccccc1C(F)(F)F)c1nnc(C)n1-2. The lowest BCUT2D eigenvalue weighted by Gasteiger charge is -2.20. The first-order valence-electron chi connectivity index (χ1n) is 10.4. The molecule has 0 spiro atoms. The molecule has 0 unspecified atom stereocenters. The van der Waals surface area contributed by atoms with E-state index in [1.165, 1.54) is 17.1 Å². The number of fused-ring (bicyclic) bond motifs is 3. The Morgan fingerprint density at radius 1 is 0.971 bits per heavy atom.